The molecule has 47 heteroatoms. The van der Waals surface area contributed by atoms with E-state index in [2.05, 4.69) is 36.8 Å². The molecule has 0 radical (unpaired) electrons. The summed E-state index contributed by atoms with van der Waals surface area (Å²) in [6.07, 6.45) is 0.540. The van der Waals surface area contributed by atoms with E-state index in [-0.39, 0.29) is 214 Å². The van der Waals surface area contributed by atoms with Crippen LogP contribution in [0.25, 0.3) is 21.9 Å². The number of nitrogens with two attached hydrogens (primary N) is 1. The summed E-state index contributed by atoms with van der Waals surface area (Å²) >= 11 is 0.988. The van der Waals surface area contributed by atoms with Gasteiger partial charge in [0.05, 0.1) is 79.5 Å². The van der Waals surface area contributed by atoms with Gasteiger partial charge in [0, 0.05) is 127 Å². The zero-order valence-electron chi connectivity index (χ0n) is 69.9. The monoisotopic (exact) mass is 1850 g/mol. The summed E-state index contributed by atoms with van der Waals surface area (Å²) in [7, 11) is -12.3. The van der Waals surface area contributed by atoms with Crippen molar-refractivity contribution < 1.29 is 142 Å². The molecular weight excluding hydrogens is 1740 g/mol. The number of imide groups is 1. The van der Waals surface area contributed by atoms with Gasteiger partial charge in [-0.05, 0) is 142 Å². The number of nitrogens with one attached hydrogen (secondary N) is 5. The van der Waals surface area contributed by atoms with E-state index in [9.17, 15) is 120 Å². The van der Waals surface area contributed by atoms with Gasteiger partial charge < -0.3 is 72.2 Å². The number of thioether (sulfide) groups is 1. The number of likely N-dealkylation sites (tertiary alicyclic amines) is 1. The lowest BCUT2D eigenvalue weighted by Gasteiger charge is -2.33. The topological polar surface area (TPSA) is 660 Å². The smallest absolute Gasteiger partial charge is 0.425 e. The molecule has 4 aromatic carbocycles. The highest BCUT2D eigenvalue weighted by atomic mass is 32.2. The molecule has 2 saturated heterocycles. The Bertz CT molecular complexity index is 4840. The number of aromatic hydroxyl groups is 1. The van der Waals surface area contributed by atoms with Crippen molar-refractivity contribution in [1.29, 1.82) is 0 Å². The summed E-state index contributed by atoms with van der Waals surface area (Å²) in [5, 5.41) is 89.5. The Morgan fingerprint density at radius 1 is 0.619 bits per heavy atom. The van der Waals surface area contributed by atoms with Gasteiger partial charge in [-0.1, -0.05) is 31.5 Å². The lowest BCUT2D eigenvalue weighted by Crippen LogP contribution is -2.50. The average Bonchev–Trinajstić information content (AvgIpc) is 0.981. The minimum absolute atomic E-state index is 0.0156. The summed E-state index contributed by atoms with van der Waals surface area (Å²) < 4.78 is 76.5. The first-order valence-corrected chi connectivity index (χ1v) is 45.6. The van der Waals surface area contributed by atoms with Crippen LogP contribution in [0.5, 0.6) is 5.75 Å². The Labute approximate surface area is 731 Å². The second kappa shape index (κ2) is 53.1. The van der Waals surface area contributed by atoms with Gasteiger partial charge in [0.25, 0.3) is 10.1 Å². The number of carboxylic acids is 6. The van der Waals surface area contributed by atoms with Crippen LogP contribution in [0.3, 0.4) is 0 Å². The fraction of sp³-hybridized carbons (Fsp3) is 0.544. The van der Waals surface area contributed by atoms with Crippen molar-refractivity contribution in [2.45, 2.75) is 146 Å². The fourth-order valence-electron chi connectivity index (χ4n) is 13.6. The van der Waals surface area contributed by atoms with Gasteiger partial charge >= 0.3 is 54.0 Å². The van der Waals surface area contributed by atoms with E-state index < -0.39 is 153 Å². The zero-order chi connectivity index (χ0) is 93.5. The Morgan fingerprint density at radius 3 is 1.72 bits per heavy atom. The zero-order valence-corrected chi connectivity index (χ0v) is 73.2. The van der Waals surface area contributed by atoms with Crippen molar-refractivity contribution in [1.82, 2.24) is 45.8 Å². The third kappa shape index (κ3) is 39.1. The minimum atomic E-state index is -4.66. The van der Waals surface area contributed by atoms with Crippen LogP contribution in [-0.4, -0.2) is 314 Å². The summed E-state index contributed by atoms with van der Waals surface area (Å²) in [4.78, 5) is 193. The fourth-order valence-corrected chi connectivity index (χ4v) is 16.7. The highest BCUT2D eigenvalue weighted by Gasteiger charge is 2.39. The summed E-state index contributed by atoms with van der Waals surface area (Å²) in [5.74, 6) is -13.2. The number of aryl methyl sites for hydroxylation is 2. The molecule has 3 unspecified atom stereocenters. The SMILES string of the molecule is Cc1cc(-c2ccc(NC(=O)[C@@H](CCCCNC(=O)CCN3C(=O)CC(SCC(=O)NCCCCCC(=O)C[C@H](C)CCC(=O)N[C@@H](CCCOP(=O)(O)CC(CCC(=O)O)C(=O)O)C(=O)O)C3=O)NCC(=O)CN3CCN(CC(=O)O)CCN(CC(=O)O)CCN(CC(=O)O)CC3)c(C)c2)ccc1N=Nc1ccc2c(S(=O)(=O)O)ccc(N)c2c1O.O=S(=O)=O. The van der Waals surface area contributed by atoms with E-state index in [0.717, 1.165) is 33.9 Å². The van der Waals surface area contributed by atoms with Crippen LogP contribution in [0.4, 0.5) is 22.7 Å². The number of carbonyl (C=O) groups excluding carboxylic acids is 8. The number of nitrogens with zero attached hydrogens (tertiary/aromatic N) is 7. The molecule has 2 aliphatic rings. The number of azo groups is 1. The number of Topliss-reactive ketones (excluding diaryl/α,β-unsaturated/α-hetero) is 2. The molecule has 43 nitrogen and oxygen atoms in total. The maximum Gasteiger partial charge on any atom is 0.425 e. The predicted octanol–water partition coefficient (Wildman–Crippen LogP) is 3.72. The number of ketones is 2. The molecule has 694 valence electrons. The van der Waals surface area contributed by atoms with Gasteiger partial charge in [0.1, 0.15) is 22.4 Å². The lowest BCUT2D eigenvalue weighted by molar-refractivity contribution is -0.143. The minimum Gasteiger partial charge on any atom is -0.505 e. The first-order valence-electron chi connectivity index (χ1n) is 40.3. The number of hydrogen-bond acceptors (Lipinski definition) is 31. The van der Waals surface area contributed by atoms with Crippen molar-refractivity contribution in [3.63, 3.8) is 0 Å². The molecule has 6 atom stereocenters. The Balaban J connectivity index is 0.00000688. The molecule has 4 aromatic rings. The maximum absolute atomic E-state index is 14.4. The molecule has 0 aromatic heterocycles. The third-order valence-corrected chi connectivity index (χ3v) is 23.9. The summed E-state index contributed by atoms with van der Waals surface area (Å²) in [6, 6.07) is 13.4. The van der Waals surface area contributed by atoms with E-state index in [1.165, 1.54) is 18.2 Å². The number of amides is 6. The van der Waals surface area contributed by atoms with Gasteiger partial charge in [0.15, 0.2) is 11.5 Å². The van der Waals surface area contributed by atoms with Gasteiger partial charge in [-0.15, -0.1) is 29.5 Å². The van der Waals surface area contributed by atoms with E-state index in [4.69, 9.17) is 28.0 Å². The summed E-state index contributed by atoms with van der Waals surface area (Å²) in [5.41, 5.74) is 9.82. The Morgan fingerprint density at radius 2 is 1.17 bits per heavy atom. The summed E-state index contributed by atoms with van der Waals surface area (Å²) in [6.45, 7) is 4.86. The van der Waals surface area contributed by atoms with Crippen molar-refractivity contribution in [3.05, 3.63) is 71.8 Å². The van der Waals surface area contributed by atoms with E-state index in [1.807, 2.05) is 12.1 Å². The number of phenols is 1. The molecule has 2 fully saturated rings. The van der Waals surface area contributed by atoms with Crippen molar-refractivity contribution in [3.8, 4) is 16.9 Å². The van der Waals surface area contributed by atoms with E-state index in [1.54, 1.807) is 64.6 Å². The number of carboxylic acid groups (broad SMARTS) is 6. The second-order valence-corrected chi connectivity index (χ2v) is 35.3. The number of nitrogen functional groups attached to an aromatic ring is 1. The number of anilines is 2. The molecule has 2 aliphatic heterocycles. The number of fused-ring (bicyclic) bond motifs is 1. The van der Waals surface area contributed by atoms with Gasteiger partial charge in [-0.3, -0.25) is 101 Å². The van der Waals surface area contributed by atoms with Crippen LogP contribution >= 0.6 is 19.4 Å². The quantitative estimate of drug-likeness (QED) is 0.00748. The third-order valence-electron chi connectivity index (χ3n) is 20.3. The molecule has 0 bridgehead atoms. The van der Waals surface area contributed by atoms with Gasteiger partial charge in [0.2, 0.25) is 35.4 Å². The molecular formula is C79H110N13O30PS3. The first-order chi connectivity index (χ1) is 59.4. The Hall–Kier alpha value is -10.7. The largest absolute Gasteiger partial charge is 0.505 e. The standard InChI is InChI=1S/C79H110N13O27PS2.O3S/c1-49(13-23-67(96)84-63(79(112)113)12-9-37-119-120(114,115)47-54(78(110)111)16-24-70(99)100)38-55(93)10-5-4-7-26-82-68(97)48-121-64-41-69(98)92(77(64)109)28-25-66(95)81-27-8-6-11-62(83-42-56(94)43-88-29-31-89(44-71(101)102)33-35-91(46-73(105)106)36-34-90(32-30-88)45-72(103)104)76(108)85-59-19-14-52(39-50(59)2)53-15-20-60(51(3)40-53)86-87-61-21-17-57-65(122(116,117)118)22-18-58(80)74(57)75(61)107;1-4(2)3/h14-15,17-22,39-40,49,54,62-64,83,107H,4-13,16,23-38,41-48,80H2,1-3H3,(H,81,95)(H,82,97)(H,84,96)(H,85,108)(H,99,100)(H,101,102)(H,103,104)(H,105,106)(H,110,111)(H,112,113)(H,114,115)(H,116,117,118);/t49-,54?,62-,63+,64?;/m1./s1. The molecule has 0 aliphatic carbocycles. The number of benzene rings is 4. The van der Waals surface area contributed by atoms with Crippen LogP contribution in [-0.2, 0) is 96.9 Å². The first kappa shape index (κ1) is 106. The van der Waals surface area contributed by atoms with Crippen LogP contribution in [0.2, 0.25) is 0 Å². The predicted molar refractivity (Wildman–Crippen MR) is 455 cm³/mol. The molecule has 0 saturated carbocycles. The van der Waals surface area contributed by atoms with Crippen LogP contribution in [0, 0.1) is 25.7 Å². The second-order valence-electron chi connectivity index (χ2n) is 30.4. The van der Waals surface area contributed by atoms with Crippen molar-refractivity contribution >= 4 is 156 Å². The molecule has 6 rings (SSSR count). The number of aliphatic carboxylic acids is 6. The Kier molecular flexibility index (Phi) is 44.6. The van der Waals surface area contributed by atoms with Crippen LogP contribution in [0.15, 0.2) is 75.8 Å². The normalized spacial score (nSPS) is 16.0. The highest BCUT2D eigenvalue weighted by Crippen LogP contribution is 2.45. The molecule has 6 amide bonds. The van der Waals surface area contributed by atoms with E-state index >= 15 is 0 Å². The van der Waals surface area contributed by atoms with Crippen molar-refractivity contribution in [2.24, 2.45) is 22.1 Å². The molecule has 126 heavy (non-hydrogen) atoms. The molecule has 2 heterocycles. The molecule has 0 spiro atoms. The highest BCUT2D eigenvalue weighted by molar-refractivity contribution is 8.01. The number of carbonyl (C=O) groups is 14. The molecule has 16 N–H and O–H groups in total. The van der Waals surface area contributed by atoms with Crippen molar-refractivity contribution in [2.75, 3.05) is 134 Å². The van der Waals surface area contributed by atoms with E-state index in [0.29, 0.717) is 54.6 Å². The number of unbranched alkanes of at least 4 members (excludes halogenated alkanes) is 3. The van der Waals surface area contributed by atoms with Crippen LogP contribution in [0.1, 0.15) is 121 Å². The number of rotatable bonds is 52. The average molecular weight is 1850 g/mol. The lowest BCUT2D eigenvalue weighted by atomic mass is 9.96. The number of hydrogen-bond donors (Lipinski definition) is 15. The number of phenolic OH excluding ortho intramolecular Hbond substituents is 1. The van der Waals surface area contributed by atoms with Crippen LogP contribution < -0.4 is 32.3 Å². The van der Waals surface area contributed by atoms with Gasteiger partial charge in [-0.25, -0.2) is 4.79 Å². The maximum atomic E-state index is 14.4. The van der Waals surface area contributed by atoms with Gasteiger partial charge in [-0.2, -0.15) is 13.5 Å².